The molecule has 1 aliphatic rings. The van der Waals surface area contributed by atoms with Gasteiger partial charge in [-0.3, -0.25) is 19.2 Å². The van der Waals surface area contributed by atoms with Crippen molar-refractivity contribution in [3.63, 3.8) is 0 Å². The molecule has 1 aromatic heterocycles. The predicted molar refractivity (Wildman–Crippen MR) is 105 cm³/mol. The molecule has 0 atom stereocenters. The number of aromatic nitrogens is 4. The average molecular weight is 420 g/mol. The van der Waals surface area contributed by atoms with Gasteiger partial charge in [0.1, 0.15) is 11.5 Å². The predicted octanol–water partition coefficient (Wildman–Crippen LogP) is 2.27. The van der Waals surface area contributed by atoms with Crippen molar-refractivity contribution in [1.82, 2.24) is 20.6 Å². The molecule has 0 saturated carbocycles. The maximum Gasteiger partial charge on any atom is 0.310 e. The summed E-state index contributed by atoms with van der Waals surface area (Å²) in [6, 6.07) is 7.30. The fourth-order valence-electron chi connectivity index (χ4n) is 3.23. The lowest BCUT2D eigenvalue weighted by molar-refractivity contribution is -0.134. The van der Waals surface area contributed by atoms with Gasteiger partial charge in [0.25, 0.3) is 0 Å². The molecule has 1 heterocycles. The number of hydrogen-bond donors (Lipinski definition) is 1. The Morgan fingerprint density at radius 1 is 0.903 bits per heavy atom. The van der Waals surface area contributed by atoms with Crippen molar-refractivity contribution in [1.29, 1.82) is 0 Å². The zero-order chi connectivity index (χ0) is 22.1. The van der Waals surface area contributed by atoms with Crippen LogP contribution in [-0.2, 0) is 9.59 Å². The molecule has 0 unspecified atom stereocenters. The van der Waals surface area contributed by atoms with E-state index in [9.17, 15) is 19.2 Å². The molecule has 0 aliphatic heterocycles. The first-order chi connectivity index (χ1) is 14.9. The number of esters is 2. The van der Waals surface area contributed by atoms with Crippen molar-refractivity contribution >= 4 is 23.5 Å². The Hall–Kier alpha value is -4.21. The molecule has 1 aliphatic carbocycles. The van der Waals surface area contributed by atoms with Crippen LogP contribution in [0.15, 0.2) is 30.3 Å². The van der Waals surface area contributed by atoms with Gasteiger partial charge in [0.05, 0.1) is 11.1 Å². The van der Waals surface area contributed by atoms with Crippen molar-refractivity contribution in [3.05, 3.63) is 52.6 Å². The van der Waals surface area contributed by atoms with E-state index in [0.717, 1.165) is 0 Å². The summed E-state index contributed by atoms with van der Waals surface area (Å²) in [4.78, 5) is 50.6. The van der Waals surface area contributed by atoms with Crippen molar-refractivity contribution in [2.45, 2.75) is 26.7 Å². The van der Waals surface area contributed by atoms with Crippen LogP contribution in [0.5, 0.6) is 11.5 Å². The number of ketones is 2. The zero-order valence-electron chi connectivity index (χ0n) is 16.6. The molecule has 156 valence electrons. The van der Waals surface area contributed by atoms with Crippen LogP contribution < -0.4 is 9.47 Å². The molecule has 0 bridgehead atoms. The van der Waals surface area contributed by atoms with E-state index >= 15 is 0 Å². The SMILES string of the molecule is CCC(=O)Oc1cccc2c1C(=O)c1c(OC(=O)CC)cc(-c3nnn[nH]3)cc1C2=O. The van der Waals surface area contributed by atoms with Gasteiger partial charge in [-0.05, 0) is 28.6 Å². The number of nitrogens with zero attached hydrogens (tertiary/aromatic N) is 3. The second-order valence-corrected chi connectivity index (χ2v) is 6.64. The topological polar surface area (TPSA) is 141 Å². The molecule has 4 rings (SSSR count). The number of nitrogens with one attached hydrogen (secondary N) is 1. The molecule has 0 fully saturated rings. The van der Waals surface area contributed by atoms with Gasteiger partial charge in [0.2, 0.25) is 5.78 Å². The van der Waals surface area contributed by atoms with Crippen LogP contribution in [0, 0.1) is 0 Å². The van der Waals surface area contributed by atoms with Crippen LogP contribution in [0.3, 0.4) is 0 Å². The highest BCUT2D eigenvalue weighted by Gasteiger charge is 2.36. The van der Waals surface area contributed by atoms with E-state index in [-0.39, 0.29) is 52.4 Å². The number of rotatable bonds is 5. The molecule has 2 aromatic carbocycles. The second kappa shape index (κ2) is 7.90. The minimum absolute atomic E-state index is 0.0235. The highest BCUT2D eigenvalue weighted by atomic mass is 16.5. The number of fused-ring (bicyclic) bond motifs is 2. The Balaban J connectivity index is 1.93. The number of benzene rings is 2. The highest BCUT2D eigenvalue weighted by Crippen LogP contribution is 2.39. The quantitative estimate of drug-likeness (QED) is 0.380. The smallest absolute Gasteiger partial charge is 0.310 e. The van der Waals surface area contributed by atoms with Crippen LogP contribution in [0.4, 0.5) is 0 Å². The van der Waals surface area contributed by atoms with Crippen LogP contribution >= 0.6 is 0 Å². The molecule has 0 spiro atoms. The number of hydrogen-bond acceptors (Lipinski definition) is 9. The number of carbonyl (C=O) groups excluding carboxylic acids is 4. The van der Waals surface area contributed by atoms with Gasteiger partial charge in [-0.2, -0.15) is 0 Å². The molecule has 0 radical (unpaired) electrons. The van der Waals surface area contributed by atoms with Crippen LogP contribution in [0.25, 0.3) is 11.4 Å². The van der Waals surface area contributed by atoms with E-state index in [1.165, 1.54) is 30.3 Å². The van der Waals surface area contributed by atoms with Gasteiger partial charge in [0, 0.05) is 29.5 Å². The Kier molecular flexibility index (Phi) is 5.12. The van der Waals surface area contributed by atoms with Gasteiger partial charge in [-0.25, -0.2) is 5.10 Å². The average Bonchev–Trinajstić information content (AvgIpc) is 3.31. The van der Waals surface area contributed by atoms with E-state index in [1.807, 2.05) is 0 Å². The summed E-state index contributed by atoms with van der Waals surface area (Å²) in [6.45, 7) is 3.21. The Morgan fingerprint density at radius 3 is 2.23 bits per heavy atom. The highest BCUT2D eigenvalue weighted by molar-refractivity contribution is 6.30. The fraction of sp³-hybridized carbons (Fsp3) is 0.190. The van der Waals surface area contributed by atoms with E-state index < -0.39 is 23.5 Å². The number of tetrazole rings is 1. The molecule has 31 heavy (non-hydrogen) atoms. The molecular weight excluding hydrogens is 404 g/mol. The van der Waals surface area contributed by atoms with E-state index in [0.29, 0.717) is 5.56 Å². The lowest BCUT2D eigenvalue weighted by Gasteiger charge is -2.22. The normalized spacial score (nSPS) is 12.2. The molecule has 1 N–H and O–H groups in total. The first-order valence-corrected chi connectivity index (χ1v) is 9.50. The first-order valence-electron chi connectivity index (χ1n) is 9.50. The lowest BCUT2D eigenvalue weighted by Crippen LogP contribution is -2.24. The minimum Gasteiger partial charge on any atom is -0.426 e. The molecule has 0 saturated heterocycles. The number of ether oxygens (including phenoxy) is 2. The summed E-state index contributed by atoms with van der Waals surface area (Å²) in [7, 11) is 0. The minimum atomic E-state index is -0.592. The van der Waals surface area contributed by atoms with Crippen LogP contribution in [0.1, 0.15) is 58.5 Å². The Bertz CT molecular complexity index is 1230. The molecular formula is C21H16N4O6. The third-order valence-electron chi connectivity index (χ3n) is 4.72. The monoisotopic (exact) mass is 420 g/mol. The van der Waals surface area contributed by atoms with Gasteiger partial charge >= 0.3 is 11.9 Å². The summed E-state index contributed by atoms with van der Waals surface area (Å²) < 4.78 is 10.6. The van der Waals surface area contributed by atoms with Crippen molar-refractivity contribution in [2.75, 3.05) is 0 Å². The summed E-state index contributed by atoms with van der Waals surface area (Å²) in [5.74, 6) is -2.11. The summed E-state index contributed by atoms with van der Waals surface area (Å²) >= 11 is 0. The number of carbonyl (C=O) groups is 4. The summed E-state index contributed by atoms with van der Waals surface area (Å²) in [6.07, 6.45) is 0.150. The van der Waals surface area contributed by atoms with Crippen molar-refractivity contribution < 1.29 is 28.7 Å². The molecule has 10 heteroatoms. The Morgan fingerprint density at radius 2 is 1.58 bits per heavy atom. The van der Waals surface area contributed by atoms with Gasteiger partial charge in [-0.1, -0.05) is 26.0 Å². The van der Waals surface area contributed by atoms with Gasteiger partial charge < -0.3 is 9.47 Å². The Labute approximate surface area is 175 Å². The number of H-pyrrole nitrogens is 1. The largest absolute Gasteiger partial charge is 0.426 e. The lowest BCUT2D eigenvalue weighted by atomic mass is 9.82. The molecule has 3 aromatic rings. The van der Waals surface area contributed by atoms with E-state index in [2.05, 4.69) is 20.6 Å². The van der Waals surface area contributed by atoms with Crippen molar-refractivity contribution in [3.8, 4) is 22.9 Å². The number of aromatic amines is 1. The van der Waals surface area contributed by atoms with Crippen molar-refractivity contribution in [2.24, 2.45) is 0 Å². The zero-order valence-corrected chi connectivity index (χ0v) is 16.6. The van der Waals surface area contributed by atoms with Gasteiger partial charge in [0.15, 0.2) is 11.6 Å². The maximum absolute atomic E-state index is 13.4. The standard InChI is InChI=1S/C21H16N4O6/c1-3-15(26)30-13-7-5-6-11-17(13)20(29)18-12(19(11)28)8-10(21-22-24-25-23-21)9-14(18)31-16(27)4-2/h5-9H,3-4H2,1-2H3,(H,22,23,24,25). The third kappa shape index (κ3) is 3.48. The maximum atomic E-state index is 13.4. The van der Waals surface area contributed by atoms with Crippen LogP contribution in [0.2, 0.25) is 0 Å². The fourth-order valence-corrected chi connectivity index (χ4v) is 3.23. The summed E-state index contributed by atoms with van der Waals surface area (Å²) in [5, 5.41) is 13.4. The van der Waals surface area contributed by atoms with E-state index in [1.54, 1.807) is 13.8 Å². The summed E-state index contributed by atoms with van der Waals surface area (Å²) in [5.41, 5.74) is 0.338. The second-order valence-electron chi connectivity index (χ2n) is 6.64. The molecule has 10 nitrogen and oxygen atoms in total. The van der Waals surface area contributed by atoms with Gasteiger partial charge in [-0.15, -0.1) is 5.10 Å². The van der Waals surface area contributed by atoms with E-state index in [4.69, 9.17) is 9.47 Å². The third-order valence-corrected chi connectivity index (χ3v) is 4.72. The first kappa shape index (κ1) is 20.1. The van der Waals surface area contributed by atoms with Crippen LogP contribution in [-0.4, -0.2) is 44.1 Å². The molecule has 0 amide bonds.